The van der Waals surface area contributed by atoms with Crippen LogP contribution in [-0.2, 0) is 0 Å². The van der Waals surface area contributed by atoms with Crippen molar-refractivity contribution in [1.82, 2.24) is 0 Å². The molecule has 3 rings (SSSR count). The first-order chi connectivity index (χ1) is 15.7. The number of halogens is 1. The van der Waals surface area contributed by atoms with E-state index in [0.717, 1.165) is 17.8 Å². The second kappa shape index (κ2) is 13.7. The Balaban J connectivity index is 1.33. The summed E-state index contributed by atoms with van der Waals surface area (Å²) in [5.74, 6) is 3.29. The van der Waals surface area contributed by atoms with Crippen LogP contribution in [0.15, 0.2) is 30.4 Å². The summed E-state index contributed by atoms with van der Waals surface area (Å²) in [7, 11) is 0. The van der Waals surface area contributed by atoms with Crippen molar-refractivity contribution in [1.29, 1.82) is 5.26 Å². The van der Waals surface area contributed by atoms with Gasteiger partial charge >= 0.3 is 0 Å². The topological polar surface area (TPSA) is 33.0 Å². The van der Waals surface area contributed by atoms with Crippen LogP contribution >= 0.6 is 0 Å². The molecule has 0 radical (unpaired) electrons. The third-order valence-electron chi connectivity index (χ3n) is 7.83. The monoisotopic (exact) mass is 439 g/mol. The van der Waals surface area contributed by atoms with Crippen molar-refractivity contribution >= 4 is 0 Å². The van der Waals surface area contributed by atoms with Gasteiger partial charge in [0, 0.05) is 0 Å². The number of benzene rings is 1. The SMILES string of the molecule is CCCCCCC[C@@H]1CCC[C@@H](C2CCC(/C=C/COc3ccc(C#N)cc3F)CC2)C1. The van der Waals surface area contributed by atoms with Crippen molar-refractivity contribution in [3.8, 4) is 11.8 Å². The molecule has 2 atom stereocenters. The van der Waals surface area contributed by atoms with Gasteiger partial charge in [0.1, 0.15) is 6.61 Å². The number of nitrogens with zero attached hydrogens (tertiary/aromatic N) is 1. The van der Waals surface area contributed by atoms with E-state index in [1.54, 1.807) is 6.07 Å². The molecule has 1 aromatic rings. The molecule has 0 unspecified atom stereocenters. The Morgan fingerprint density at radius 2 is 1.84 bits per heavy atom. The molecule has 2 nitrogen and oxygen atoms in total. The van der Waals surface area contributed by atoms with Crippen LogP contribution in [0.4, 0.5) is 4.39 Å². The molecule has 0 aromatic heterocycles. The summed E-state index contributed by atoms with van der Waals surface area (Å²) < 4.78 is 19.4. The molecular formula is C29H42FNO. The highest BCUT2D eigenvalue weighted by Gasteiger charge is 2.30. The summed E-state index contributed by atoms with van der Waals surface area (Å²) in [5.41, 5.74) is 0.318. The number of hydrogen-bond donors (Lipinski definition) is 0. The van der Waals surface area contributed by atoms with E-state index in [4.69, 9.17) is 10.00 Å². The highest BCUT2D eigenvalue weighted by Crippen LogP contribution is 2.43. The minimum atomic E-state index is -0.468. The normalized spacial score (nSPS) is 26.2. The van der Waals surface area contributed by atoms with E-state index < -0.39 is 5.82 Å². The number of unbranched alkanes of at least 4 members (excludes halogenated alkanes) is 4. The zero-order valence-electron chi connectivity index (χ0n) is 20.0. The summed E-state index contributed by atoms with van der Waals surface area (Å²) in [6, 6.07) is 6.29. The van der Waals surface area contributed by atoms with Gasteiger partial charge in [-0.2, -0.15) is 5.26 Å². The van der Waals surface area contributed by atoms with Gasteiger partial charge in [0.2, 0.25) is 0 Å². The van der Waals surface area contributed by atoms with Crippen LogP contribution < -0.4 is 4.74 Å². The van der Waals surface area contributed by atoms with Crippen LogP contribution in [0.5, 0.6) is 5.75 Å². The van der Waals surface area contributed by atoms with E-state index >= 15 is 0 Å². The van der Waals surface area contributed by atoms with Gasteiger partial charge in [-0.3, -0.25) is 0 Å². The molecular weight excluding hydrogens is 397 g/mol. The van der Waals surface area contributed by atoms with Crippen LogP contribution in [0.1, 0.15) is 102 Å². The van der Waals surface area contributed by atoms with Crippen molar-refractivity contribution in [3.05, 3.63) is 41.7 Å². The Kier molecular flexibility index (Phi) is 10.6. The molecule has 0 heterocycles. The third kappa shape index (κ3) is 7.95. The van der Waals surface area contributed by atoms with E-state index in [-0.39, 0.29) is 5.75 Å². The summed E-state index contributed by atoms with van der Waals surface area (Å²) in [4.78, 5) is 0. The van der Waals surface area contributed by atoms with Gasteiger partial charge in [-0.05, 0) is 74.0 Å². The zero-order chi connectivity index (χ0) is 22.6. The number of rotatable bonds is 11. The van der Waals surface area contributed by atoms with E-state index in [2.05, 4.69) is 13.0 Å². The average Bonchev–Trinajstić information content (AvgIpc) is 2.83. The molecule has 2 aliphatic carbocycles. The number of nitriles is 1. The van der Waals surface area contributed by atoms with Crippen molar-refractivity contribution in [2.24, 2.45) is 23.7 Å². The van der Waals surface area contributed by atoms with Gasteiger partial charge in [0.15, 0.2) is 11.6 Å². The summed E-state index contributed by atoms with van der Waals surface area (Å²) in [5, 5.41) is 8.82. The molecule has 176 valence electrons. The lowest BCUT2D eigenvalue weighted by Crippen LogP contribution is -2.26. The Morgan fingerprint density at radius 3 is 2.59 bits per heavy atom. The largest absolute Gasteiger partial charge is 0.486 e. The predicted octanol–water partition coefficient (Wildman–Crippen LogP) is 8.61. The lowest BCUT2D eigenvalue weighted by molar-refractivity contribution is 0.143. The van der Waals surface area contributed by atoms with Gasteiger partial charge in [0.05, 0.1) is 11.6 Å². The fourth-order valence-corrected chi connectivity index (χ4v) is 5.94. The Morgan fingerprint density at radius 1 is 1.03 bits per heavy atom. The lowest BCUT2D eigenvalue weighted by Gasteiger charge is -2.38. The highest BCUT2D eigenvalue weighted by atomic mass is 19.1. The van der Waals surface area contributed by atoms with Gasteiger partial charge in [-0.25, -0.2) is 4.39 Å². The van der Waals surface area contributed by atoms with Crippen molar-refractivity contribution in [2.45, 2.75) is 96.8 Å². The van der Waals surface area contributed by atoms with Crippen LogP contribution in [0, 0.1) is 40.8 Å². The first-order valence-electron chi connectivity index (χ1n) is 13.2. The number of ether oxygens (including phenoxy) is 1. The Hall–Kier alpha value is -1.82. The molecule has 0 N–H and O–H groups in total. The van der Waals surface area contributed by atoms with Crippen molar-refractivity contribution < 1.29 is 9.13 Å². The van der Waals surface area contributed by atoms with Crippen LogP contribution in [0.2, 0.25) is 0 Å². The standard InChI is InChI=1S/C29H42FNO/c1-2-3-4-5-6-9-24-10-7-12-27(20-24)26-16-13-23(14-17-26)11-8-19-32-29-18-15-25(22-31)21-28(29)30/h8,11,15,18,21,23-24,26-27H,2-7,9-10,12-14,16-17,19-20H2,1H3/b11-8+/t23?,24-,26?,27-/m1/s1. The van der Waals surface area contributed by atoms with E-state index in [0.29, 0.717) is 18.1 Å². The summed E-state index contributed by atoms with van der Waals surface area (Å²) in [6.45, 7) is 2.67. The van der Waals surface area contributed by atoms with Gasteiger partial charge in [-0.15, -0.1) is 0 Å². The first-order valence-corrected chi connectivity index (χ1v) is 13.2. The summed E-state index contributed by atoms with van der Waals surface area (Å²) >= 11 is 0. The molecule has 2 fully saturated rings. The maximum absolute atomic E-state index is 13.9. The van der Waals surface area contributed by atoms with Crippen LogP contribution in [0.3, 0.4) is 0 Å². The minimum Gasteiger partial charge on any atom is -0.486 e. The maximum Gasteiger partial charge on any atom is 0.166 e. The fraction of sp³-hybridized carbons (Fsp3) is 0.690. The van der Waals surface area contributed by atoms with Gasteiger partial charge in [-0.1, -0.05) is 76.9 Å². The minimum absolute atomic E-state index is 0.217. The average molecular weight is 440 g/mol. The molecule has 0 aliphatic heterocycles. The smallest absolute Gasteiger partial charge is 0.166 e. The molecule has 2 aliphatic rings. The summed E-state index contributed by atoms with van der Waals surface area (Å²) in [6.07, 6.45) is 24.0. The number of hydrogen-bond acceptors (Lipinski definition) is 2. The number of allylic oxidation sites excluding steroid dienone is 1. The van der Waals surface area contributed by atoms with Crippen LogP contribution in [-0.4, -0.2) is 6.61 Å². The quantitative estimate of drug-likeness (QED) is 0.255. The van der Waals surface area contributed by atoms with Crippen molar-refractivity contribution in [2.75, 3.05) is 6.61 Å². The second-order valence-corrected chi connectivity index (χ2v) is 10.2. The molecule has 0 spiro atoms. The molecule has 0 amide bonds. The second-order valence-electron chi connectivity index (χ2n) is 10.2. The van der Waals surface area contributed by atoms with E-state index in [9.17, 15) is 4.39 Å². The van der Waals surface area contributed by atoms with E-state index in [1.807, 2.05) is 12.1 Å². The highest BCUT2D eigenvalue weighted by molar-refractivity contribution is 5.36. The molecule has 2 saturated carbocycles. The third-order valence-corrected chi connectivity index (χ3v) is 7.83. The lowest BCUT2D eigenvalue weighted by atomic mass is 9.68. The Labute approximate surface area is 195 Å². The van der Waals surface area contributed by atoms with Crippen LogP contribution in [0.25, 0.3) is 0 Å². The van der Waals surface area contributed by atoms with E-state index in [1.165, 1.54) is 102 Å². The molecule has 3 heteroatoms. The maximum atomic E-state index is 13.9. The van der Waals surface area contributed by atoms with Gasteiger partial charge in [0.25, 0.3) is 0 Å². The molecule has 0 saturated heterocycles. The van der Waals surface area contributed by atoms with Gasteiger partial charge < -0.3 is 4.74 Å². The molecule has 1 aromatic carbocycles. The predicted molar refractivity (Wildman–Crippen MR) is 130 cm³/mol. The Bertz CT molecular complexity index is 744. The zero-order valence-corrected chi connectivity index (χ0v) is 20.0. The molecule has 0 bridgehead atoms. The molecule has 32 heavy (non-hydrogen) atoms. The first kappa shape index (κ1) is 24.8. The van der Waals surface area contributed by atoms with Crippen molar-refractivity contribution in [3.63, 3.8) is 0 Å². The fourth-order valence-electron chi connectivity index (χ4n) is 5.94.